The maximum Gasteiger partial charge on any atom is 0.460 e. The highest BCUT2D eigenvalue weighted by molar-refractivity contribution is 5.32. The first-order valence-corrected chi connectivity index (χ1v) is 10.1. The van der Waals surface area contributed by atoms with Crippen LogP contribution in [0.1, 0.15) is 39.7 Å². The van der Waals surface area contributed by atoms with Crippen molar-refractivity contribution < 1.29 is 75.3 Å². The minimum atomic E-state index is -8.33. The minimum absolute atomic E-state index is 0.0933. The van der Waals surface area contributed by atoms with E-state index in [1.807, 2.05) is 0 Å². The van der Waals surface area contributed by atoms with Gasteiger partial charge in [0.05, 0.1) is 12.0 Å². The highest BCUT2D eigenvalue weighted by Crippen LogP contribution is 2.63. The molecule has 38 heavy (non-hydrogen) atoms. The summed E-state index contributed by atoms with van der Waals surface area (Å²) in [6, 6.07) is 4.03. The molecule has 0 aromatic heterocycles. The van der Waals surface area contributed by atoms with Crippen LogP contribution in [0.15, 0.2) is 24.3 Å². The monoisotopic (exact) mass is 590 g/mol. The van der Waals surface area contributed by atoms with Crippen molar-refractivity contribution in [2.45, 2.75) is 87.0 Å². The Kier molecular flexibility index (Phi) is 8.52. The van der Waals surface area contributed by atoms with Gasteiger partial charge in [-0.05, 0) is 45.4 Å². The van der Waals surface area contributed by atoms with E-state index in [0.29, 0.717) is 14.0 Å². The molecule has 1 aromatic rings. The standard InChI is InChI=1S/C21H21F15O2/c1-13(2,3)38-12-8-6-11(7-9-12)14(4,37-5)10-15(22,23)16(24,25)17(26,27)18(28,29)19(30,31)20(32,33)21(34,35)36/h6-9H,10H2,1-5H3. The molecule has 0 heterocycles. The van der Waals surface area contributed by atoms with Gasteiger partial charge in [-0.1, -0.05) is 12.1 Å². The molecule has 0 amide bonds. The Bertz CT molecular complexity index is 962. The topological polar surface area (TPSA) is 18.5 Å². The van der Waals surface area contributed by atoms with Gasteiger partial charge < -0.3 is 9.47 Å². The summed E-state index contributed by atoms with van der Waals surface area (Å²) in [6.07, 6.45) is -10.3. The second-order valence-electron chi connectivity index (χ2n) is 9.42. The molecule has 1 aromatic carbocycles. The van der Waals surface area contributed by atoms with Crippen LogP contribution in [-0.2, 0) is 10.3 Å². The summed E-state index contributed by atoms with van der Waals surface area (Å²) in [5.74, 6) is -46.7. The Morgan fingerprint density at radius 2 is 0.921 bits per heavy atom. The Morgan fingerprint density at radius 1 is 0.553 bits per heavy atom. The summed E-state index contributed by atoms with van der Waals surface area (Å²) >= 11 is 0. The Hall–Kier alpha value is -2.07. The van der Waals surface area contributed by atoms with E-state index in [0.717, 1.165) is 24.3 Å². The summed E-state index contributed by atoms with van der Waals surface area (Å²) in [7, 11) is 0.596. The molecule has 0 spiro atoms. The van der Waals surface area contributed by atoms with Gasteiger partial charge in [-0.2, -0.15) is 65.9 Å². The van der Waals surface area contributed by atoms with Gasteiger partial charge in [0.2, 0.25) is 0 Å². The first kappa shape index (κ1) is 34.0. The maximum atomic E-state index is 14.5. The van der Waals surface area contributed by atoms with Crippen molar-refractivity contribution in [3.05, 3.63) is 29.8 Å². The van der Waals surface area contributed by atoms with Gasteiger partial charge in [-0.25, -0.2) is 0 Å². The third-order valence-corrected chi connectivity index (χ3v) is 5.29. The van der Waals surface area contributed by atoms with Gasteiger partial charge in [0, 0.05) is 7.11 Å². The van der Waals surface area contributed by atoms with Crippen molar-refractivity contribution in [3.63, 3.8) is 0 Å². The number of alkyl halides is 15. The summed E-state index contributed by atoms with van der Waals surface area (Å²) in [5, 5.41) is 0. The zero-order chi connectivity index (χ0) is 30.6. The number of ether oxygens (including phenoxy) is 2. The van der Waals surface area contributed by atoms with Crippen LogP contribution in [0, 0.1) is 0 Å². The Labute approximate surface area is 206 Å². The van der Waals surface area contributed by atoms with Crippen molar-refractivity contribution in [3.8, 4) is 5.75 Å². The lowest BCUT2D eigenvalue weighted by molar-refractivity contribution is -0.453. The molecule has 0 aliphatic carbocycles. The zero-order valence-corrected chi connectivity index (χ0v) is 20.0. The van der Waals surface area contributed by atoms with Crippen LogP contribution in [0.4, 0.5) is 65.9 Å². The van der Waals surface area contributed by atoms with E-state index < -0.39 is 64.9 Å². The lowest BCUT2D eigenvalue weighted by Crippen LogP contribution is -2.72. The summed E-state index contributed by atoms with van der Waals surface area (Å²) in [5.41, 5.74) is -3.99. The van der Waals surface area contributed by atoms with Gasteiger partial charge in [-0.15, -0.1) is 0 Å². The van der Waals surface area contributed by atoms with Crippen LogP contribution in [0.25, 0.3) is 0 Å². The molecule has 222 valence electrons. The fourth-order valence-corrected chi connectivity index (χ4v) is 3.06. The second-order valence-corrected chi connectivity index (χ2v) is 9.42. The SMILES string of the molecule is COC(C)(CC(F)(F)C(F)(F)C(F)(F)C(F)(F)C(F)(F)C(F)(F)C(F)(F)F)c1ccc(OC(C)(C)C)cc1. The highest BCUT2D eigenvalue weighted by Gasteiger charge is 2.93. The molecule has 0 saturated heterocycles. The number of hydrogen-bond acceptors (Lipinski definition) is 2. The van der Waals surface area contributed by atoms with Gasteiger partial charge in [0.15, 0.2) is 0 Å². The fraction of sp³-hybridized carbons (Fsp3) is 0.714. The number of hydrogen-bond donors (Lipinski definition) is 0. The van der Waals surface area contributed by atoms with Crippen LogP contribution in [0.2, 0.25) is 0 Å². The molecule has 1 rings (SSSR count). The summed E-state index contributed by atoms with van der Waals surface area (Å²) in [6.45, 7) is 5.39. The first-order chi connectivity index (χ1) is 16.5. The normalized spacial score (nSPS) is 16.8. The summed E-state index contributed by atoms with van der Waals surface area (Å²) < 4.78 is 212. The van der Waals surface area contributed by atoms with Crippen molar-refractivity contribution in [2.75, 3.05) is 7.11 Å². The minimum Gasteiger partial charge on any atom is -0.488 e. The van der Waals surface area contributed by atoms with E-state index in [1.165, 1.54) is 0 Å². The van der Waals surface area contributed by atoms with E-state index >= 15 is 0 Å². The van der Waals surface area contributed by atoms with Crippen LogP contribution in [0.3, 0.4) is 0 Å². The maximum absolute atomic E-state index is 14.5. The summed E-state index contributed by atoms with van der Waals surface area (Å²) in [4.78, 5) is 0. The smallest absolute Gasteiger partial charge is 0.460 e. The van der Waals surface area contributed by atoms with E-state index in [4.69, 9.17) is 4.74 Å². The van der Waals surface area contributed by atoms with Crippen LogP contribution in [-0.4, -0.2) is 54.4 Å². The van der Waals surface area contributed by atoms with Crippen LogP contribution >= 0.6 is 0 Å². The highest BCUT2D eigenvalue weighted by atomic mass is 19.4. The van der Waals surface area contributed by atoms with Crippen LogP contribution in [0.5, 0.6) is 5.75 Å². The van der Waals surface area contributed by atoms with E-state index in [2.05, 4.69) is 4.74 Å². The number of methoxy groups -OCH3 is 1. The van der Waals surface area contributed by atoms with Gasteiger partial charge in [-0.3, -0.25) is 0 Å². The molecule has 0 N–H and O–H groups in total. The number of benzene rings is 1. The predicted octanol–water partition coefficient (Wildman–Crippen LogP) is 8.49. The molecule has 0 fully saturated rings. The van der Waals surface area contributed by atoms with Crippen molar-refractivity contribution in [1.82, 2.24) is 0 Å². The Morgan fingerprint density at radius 3 is 1.26 bits per heavy atom. The molecular weight excluding hydrogens is 569 g/mol. The third kappa shape index (κ3) is 5.48. The molecule has 0 bridgehead atoms. The molecule has 2 nitrogen and oxygen atoms in total. The largest absolute Gasteiger partial charge is 0.488 e. The zero-order valence-electron chi connectivity index (χ0n) is 20.0. The molecule has 0 aliphatic rings. The lowest BCUT2D eigenvalue weighted by Gasteiger charge is -2.43. The third-order valence-electron chi connectivity index (χ3n) is 5.29. The van der Waals surface area contributed by atoms with Crippen molar-refractivity contribution in [2.24, 2.45) is 0 Å². The van der Waals surface area contributed by atoms with Gasteiger partial charge >= 0.3 is 41.7 Å². The molecule has 0 radical (unpaired) electrons. The predicted molar refractivity (Wildman–Crippen MR) is 102 cm³/mol. The van der Waals surface area contributed by atoms with Crippen molar-refractivity contribution in [1.29, 1.82) is 0 Å². The average molecular weight is 590 g/mol. The van der Waals surface area contributed by atoms with Gasteiger partial charge in [0.1, 0.15) is 11.4 Å². The van der Waals surface area contributed by atoms with E-state index in [-0.39, 0.29) is 5.75 Å². The molecule has 1 unspecified atom stereocenters. The van der Waals surface area contributed by atoms with Gasteiger partial charge in [0.25, 0.3) is 0 Å². The Balaban J connectivity index is 3.52. The van der Waals surface area contributed by atoms with Crippen LogP contribution < -0.4 is 4.74 Å². The van der Waals surface area contributed by atoms with Crippen molar-refractivity contribution >= 4 is 0 Å². The molecule has 17 heteroatoms. The number of halogens is 15. The van der Waals surface area contributed by atoms with E-state index in [9.17, 15) is 65.9 Å². The van der Waals surface area contributed by atoms with E-state index in [1.54, 1.807) is 20.8 Å². The molecular formula is C21H21F15O2. The lowest BCUT2D eigenvalue weighted by atomic mass is 9.83. The second kappa shape index (κ2) is 9.54. The fourth-order valence-electron chi connectivity index (χ4n) is 3.06. The number of rotatable bonds is 10. The molecule has 1 atom stereocenters. The average Bonchev–Trinajstić information content (AvgIpc) is 2.71. The molecule has 0 saturated carbocycles. The first-order valence-electron chi connectivity index (χ1n) is 10.1. The molecule has 0 aliphatic heterocycles. The quantitative estimate of drug-likeness (QED) is 0.255.